The van der Waals surface area contributed by atoms with Crippen molar-refractivity contribution >= 4 is 39.1 Å². The molecule has 2 N–H and O–H groups in total. The van der Waals surface area contributed by atoms with Gasteiger partial charge in [-0.3, -0.25) is 9.59 Å². The Morgan fingerprint density at radius 1 is 1.41 bits per heavy atom. The molecule has 2 heterocycles. The molecule has 1 aliphatic rings. The molecule has 6 heteroatoms. The summed E-state index contributed by atoms with van der Waals surface area (Å²) in [4.78, 5) is 25.8. The van der Waals surface area contributed by atoms with Crippen LogP contribution in [0.1, 0.15) is 28.9 Å². The highest BCUT2D eigenvalue weighted by atomic mass is 79.9. The van der Waals surface area contributed by atoms with Gasteiger partial charge in [-0.2, -0.15) is 0 Å². The molecule has 0 spiro atoms. The lowest BCUT2D eigenvalue weighted by Gasteiger charge is -2.33. The average Bonchev–Trinajstić information content (AvgIpc) is 2.75. The van der Waals surface area contributed by atoms with Crippen molar-refractivity contribution < 1.29 is 9.59 Å². The summed E-state index contributed by atoms with van der Waals surface area (Å²) in [5.41, 5.74) is 5.34. The first-order valence-corrected chi connectivity index (χ1v) is 7.06. The monoisotopic (exact) mass is 316 g/mol. The predicted octanol–water partition coefficient (Wildman–Crippen LogP) is 1.99. The minimum atomic E-state index is -0.447. The molecule has 4 nitrogen and oxygen atoms in total. The second-order valence-corrected chi connectivity index (χ2v) is 6.48. The molecule has 1 aromatic heterocycles. The van der Waals surface area contributed by atoms with Gasteiger partial charge in [-0.25, -0.2) is 0 Å². The highest BCUT2D eigenvalue weighted by Gasteiger charge is 2.31. The highest BCUT2D eigenvalue weighted by molar-refractivity contribution is 9.11. The standard InChI is InChI=1S/C11H13BrN2O2S/c12-9-5-4-8(17-9)11(16)14-6-2-1-3-7(14)10(13)15/h4-5,7H,1-3,6H2,(H2,13,15)/t7-/m1/s1. The van der Waals surface area contributed by atoms with Crippen LogP contribution in [0.3, 0.4) is 0 Å². The number of amides is 2. The van der Waals surface area contributed by atoms with E-state index in [1.807, 2.05) is 6.07 Å². The van der Waals surface area contributed by atoms with Crippen LogP contribution in [-0.4, -0.2) is 29.3 Å². The zero-order valence-corrected chi connectivity index (χ0v) is 11.6. The Morgan fingerprint density at radius 3 is 2.76 bits per heavy atom. The van der Waals surface area contributed by atoms with Crippen molar-refractivity contribution in [2.24, 2.45) is 5.73 Å². The fourth-order valence-electron chi connectivity index (χ4n) is 2.04. The second kappa shape index (κ2) is 5.18. The largest absolute Gasteiger partial charge is 0.368 e. The second-order valence-electron chi connectivity index (χ2n) is 4.02. The number of nitrogens with zero attached hydrogens (tertiary/aromatic N) is 1. The van der Waals surface area contributed by atoms with Gasteiger partial charge in [-0.05, 0) is 47.3 Å². The molecule has 0 aromatic carbocycles. The van der Waals surface area contributed by atoms with Gasteiger partial charge in [0.05, 0.1) is 8.66 Å². The smallest absolute Gasteiger partial charge is 0.264 e. The maximum absolute atomic E-state index is 12.2. The van der Waals surface area contributed by atoms with Crippen molar-refractivity contribution in [2.45, 2.75) is 25.3 Å². The normalized spacial score (nSPS) is 20.3. The number of nitrogens with two attached hydrogens (primary N) is 1. The lowest BCUT2D eigenvalue weighted by Crippen LogP contribution is -2.50. The molecular weight excluding hydrogens is 304 g/mol. The summed E-state index contributed by atoms with van der Waals surface area (Å²) in [5, 5.41) is 0. The number of piperidine rings is 1. The van der Waals surface area contributed by atoms with Gasteiger partial charge in [-0.1, -0.05) is 0 Å². The van der Waals surface area contributed by atoms with E-state index >= 15 is 0 Å². The summed E-state index contributed by atoms with van der Waals surface area (Å²) in [6.45, 7) is 0.613. The van der Waals surface area contributed by atoms with E-state index in [9.17, 15) is 9.59 Å². The minimum absolute atomic E-state index is 0.0933. The first-order chi connectivity index (χ1) is 8.09. The molecule has 2 amide bonds. The summed E-state index contributed by atoms with van der Waals surface area (Å²) >= 11 is 4.70. The van der Waals surface area contributed by atoms with E-state index in [1.54, 1.807) is 11.0 Å². The topological polar surface area (TPSA) is 63.4 Å². The third-order valence-electron chi connectivity index (χ3n) is 2.88. The Bertz CT molecular complexity index is 446. The summed E-state index contributed by atoms with van der Waals surface area (Å²) in [6, 6.07) is 3.15. The molecule has 92 valence electrons. The van der Waals surface area contributed by atoms with Crippen molar-refractivity contribution in [1.29, 1.82) is 0 Å². The predicted molar refractivity (Wildman–Crippen MR) is 69.9 cm³/mol. The number of rotatable bonds is 2. The van der Waals surface area contributed by atoms with E-state index in [2.05, 4.69) is 15.9 Å². The third-order valence-corrected chi connectivity index (χ3v) is 4.49. The molecule has 1 aromatic rings. The number of hydrogen-bond donors (Lipinski definition) is 1. The van der Waals surface area contributed by atoms with Crippen molar-refractivity contribution in [2.75, 3.05) is 6.54 Å². The molecule has 1 fully saturated rings. The van der Waals surface area contributed by atoms with Crippen LogP contribution in [0.15, 0.2) is 15.9 Å². The Hall–Kier alpha value is -0.880. The molecule has 0 unspecified atom stereocenters. The van der Waals surface area contributed by atoms with Crippen molar-refractivity contribution in [3.05, 3.63) is 20.8 Å². The van der Waals surface area contributed by atoms with Crippen LogP contribution in [0.5, 0.6) is 0 Å². The molecule has 1 aliphatic heterocycles. The number of likely N-dealkylation sites (tertiary alicyclic amines) is 1. The van der Waals surface area contributed by atoms with Crippen molar-refractivity contribution in [3.63, 3.8) is 0 Å². The summed E-state index contributed by atoms with van der Waals surface area (Å²) in [7, 11) is 0. The molecule has 2 rings (SSSR count). The van der Waals surface area contributed by atoms with Crippen molar-refractivity contribution in [1.82, 2.24) is 4.90 Å². The van der Waals surface area contributed by atoms with E-state index in [4.69, 9.17) is 5.73 Å². The van der Waals surface area contributed by atoms with Gasteiger partial charge in [0.2, 0.25) is 5.91 Å². The highest BCUT2D eigenvalue weighted by Crippen LogP contribution is 2.26. The Labute approximate surface area is 112 Å². The van der Waals surface area contributed by atoms with Crippen LogP contribution in [0.2, 0.25) is 0 Å². The number of thiophene rings is 1. The average molecular weight is 317 g/mol. The van der Waals surface area contributed by atoms with Gasteiger partial charge in [0, 0.05) is 6.54 Å². The van der Waals surface area contributed by atoms with Crippen LogP contribution in [-0.2, 0) is 4.79 Å². The van der Waals surface area contributed by atoms with E-state index in [-0.39, 0.29) is 5.91 Å². The molecule has 1 atom stereocenters. The van der Waals surface area contributed by atoms with E-state index in [0.29, 0.717) is 17.8 Å². The lowest BCUT2D eigenvalue weighted by molar-refractivity contribution is -0.123. The third kappa shape index (κ3) is 2.69. The van der Waals surface area contributed by atoms with Crippen LogP contribution in [0.25, 0.3) is 0 Å². The zero-order valence-electron chi connectivity index (χ0n) is 9.19. The quantitative estimate of drug-likeness (QED) is 0.907. The molecular formula is C11H13BrN2O2S. The minimum Gasteiger partial charge on any atom is -0.368 e. The number of halogens is 1. The zero-order chi connectivity index (χ0) is 12.4. The summed E-state index contributed by atoms with van der Waals surface area (Å²) < 4.78 is 0.911. The SMILES string of the molecule is NC(=O)[C@H]1CCCCN1C(=O)c1ccc(Br)s1. The van der Waals surface area contributed by atoms with Crippen molar-refractivity contribution in [3.8, 4) is 0 Å². The molecule has 0 aliphatic carbocycles. The molecule has 1 saturated heterocycles. The maximum atomic E-state index is 12.2. The van der Waals surface area contributed by atoms with Gasteiger partial charge < -0.3 is 10.6 Å². The van der Waals surface area contributed by atoms with Crippen LogP contribution >= 0.6 is 27.3 Å². The number of primary amides is 1. The molecule has 0 saturated carbocycles. The number of carbonyl (C=O) groups excluding carboxylic acids is 2. The number of carbonyl (C=O) groups is 2. The van der Waals surface area contributed by atoms with E-state index in [1.165, 1.54) is 11.3 Å². The number of hydrogen-bond acceptors (Lipinski definition) is 3. The fourth-order valence-corrected chi connectivity index (χ4v) is 3.38. The van der Waals surface area contributed by atoms with Crippen LogP contribution in [0.4, 0.5) is 0 Å². The Balaban J connectivity index is 2.19. The Kier molecular flexibility index (Phi) is 3.83. The summed E-state index contributed by atoms with van der Waals surface area (Å²) in [5.74, 6) is -0.502. The van der Waals surface area contributed by atoms with Crippen LogP contribution in [0, 0.1) is 0 Å². The maximum Gasteiger partial charge on any atom is 0.264 e. The van der Waals surface area contributed by atoms with Gasteiger partial charge in [0.25, 0.3) is 5.91 Å². The first-order valence-electron chi connectivity index (χ1n) is 5.45. The lowest BCUT2D eigenvalue weighted by atomic mass is 10.0. The van der Waals surface area contributed by atoms with Gasteiger partial charge in [0.1, 0.15) is 6.04 Å². The first kappa shape index (κ1) is 12.6. The van der Waals surface area contributed by atoms with Gasteiger partial charge in [0.15, 0.2) is 0 Å². The van der Waals surface area contributed by atoms with Gasteiger partial charge >= 0.3 is 0 Å². The summed E-state index contributed by atoms with van der Waals surface area (Å²) in [6.07, 6.45) is 2.56. The van der Waals surface area contributed by atoms with Gasteiger partial charge in [-0.15, -0.1) is 11.3 Å². The van der Waals surface area contributed by atoms with E-state index < -0.39 is 11.9 Å². The molecule has 0 radical (unpaired) electrons. The fraction of sp³-hybridized carbons (Fsp3) is 0.455. The Morgan fingerprint density at radius 2 is 2.18 bits per heavy atom. The molecule has 0 bridgehead atoms. The van der Waals surface area contributed by atoms with E-state index in [0.717, 1.165) is 16.6 Å². The van der Waals surface area contributed by atoms with Crippen LogP contribution < -0.4 is 5.73 Å². The molecule has 17 heavy (non-hydrogen) atoms.